The molecule has 1 aromatic heterocycles. The van der Waals surface area contributed by atoms with Gasteiger partial charge in [0.05, 0.1) is 11.7 Å². The fourth-order valence-electron chi connectivity index (χ4n) is 3.86. The highest BCUT2D eigenvalue weighted by atomic mass is 32.2. The van der Waals surface area contributed by atoms with Gasteiger partial charge in [-0.2, -0.15) is 5.10 Å². The lowest BCUT2D eigenvalue weighted by molar-refractivity contribution is 0.448. The van der Waals surface area contributed by atoms with E-state index in [0.29, 0.717) is 16.6 Å². The van der Waals surface area contributed by atoms with Crippen molar-refractivity contribution >= 4 is 10.0 Å². The van der Waals surface area contributed by atoms with E-state index in [1.54, 1.807) is 6.20 Å². The zero-order valence-electron chi connectivity index (χ0n) is 17.5. The van der Waals surface area contributed by atoms with E-state index in [2.05, 4.69) is 16.9 Å². The van der Waals surface area contributed by atoms with Gasteiger partial charge in [-0.1, -0.05) is 63.9 Å². The molecule has 28 heavy (non-hydrogen) atoms. The van der Waals surface area contributed by atoms with Crippen molar-refractivity contribution < 1.29 is 8.42 Å². The number of aryl methyl sites for hydroxylation is 1. The van der Waals surface area contributed by atoms with Crippen molar-refractivity contribution in [2.75, 3.05) is 0 Å². The van der Waals surface area contributed by atoms with Crippen molar-refractivity contribution in [1.82, 2.24) is 14.5 Å². The summed E-state index contributed by atoms with van der Waals surface area (Å²) in [5.41, 5.74) is 1.54. The fraction of sp³-hybridized carbons (Fsp3) is 0.591. The lowest BCUT2D eigenvalue weighted by Crippen LogP contribution is -2.34. The second-order valence-corrected chi connectivity index (χ2v) is 10.7. The van der Waals surface area contributed by atoms with Crippen molar-refractivity contribution in [3.63, 3.8) is 0 Å². The van der Waals surface area contributed by atoms with Crippen LogP contribution >= 0.6 is 0 Å². The van der Waals surface area contributed by atoms with Crippen LogP contribution in [0.15, 0.2) is 41.4 Å². The van der Waals surface area contributed by atoms with Crippen LogP contribution in [0, 0.1) is 0 Å². The summed E-state index contributed by atoms with van der Waals surface area (Å²) < 4.78 is 31.1. The molecule has 1 heterocycles. The van der Waals surface area contributed by atoms with Crippen LogP contribution in [0.2, 0.25) is 0 Å². The second kappa shape index (κ2) is 8.37. The Hall–Kier alpha value is -1.66. The van der Waals surface area contributed by atoms with E-state index in [1.165, 1.54) is 18.4 Å². The Morgan fingerprint density at radius 3 is 2.43 bits per heavy atom. The molecule has 6 heteroatoms. The van der Waals surface area contributed by atoms with Gasteiger partial charge in [0, 0.05) is 17.7 Å². The molecule has 1 fully saturated rings. The van der Waals surface area contributed by atoms with Crippen LogP contribution in [-0.2, 0) is 21.9 Å². The minimum absolute atomic E-state index is 0.146. The third-order valence-corrected chi connectivity index (χ3v) is 7.05. The molecule has 0 spiro atoms. The maximum atomic E-state index is 13.2. The number of nitrogens with one attached hydrogen (secondary N) is 1. The van der Waals surface area contributed by atoms with Gasteiger partial charge in [-0.05, 0) is 38.2 Å². The summed E-state index contributed by atoms with van der Waals surface area (Å²) in [5, 5.41) is 4.73. The first kappa shape index (κ1) is 21.1. The Morgan fingerprint density at radius 1 is 1.18 bits per heavy atom. The van der Waals surface area contributed by atoms with Crippen molar-refractivity contribution in [2.45, 2.75) is 88.6 Å². The van der Waals surface area contributed by atoms with Gasteiger partial charge < -0.3 is 0 Å². The molecule has 0 bridgehead atoms. The first-order valence-electron chi connectivity index (χ1n) is 10.3. The summed E-state index contributed by atoms with van der Waals surface area (Å²) in [6, 6.07) is 10.3. The summed E-state index contributed by atoms with van der Waals surface area (Å²) in [6.07, 6.45) is 7.88. The molecule has 0 radical (unpaired) electrons. The third kappa shape index (κ3) is 5.03. The van der Waals surface area contributed by atoms with Gasteiger partial charge in [0.2, 0.25) is 10.0 Å². The Bertz CT molecular complexity index is 876. The third-order valence-electron chi connectivity index (χ3n) is 5.46. The molecular formula is C22H33N3O2S. The molecule has 1 aliphatic rings. The zero-order valence-corrected chi connectivity index (χ0v) is 18.3. The second-order valence-electron chi connectivity index (χ2n) is 9.06. The lowest BCUT2D eigenvalue weighted by atomic mass is 9.92. The molecule has 2 aromatic rings. The van der Waals surface area contributed by atoms with Gasteiger partial charge >= 0.3 is 0 Å². The standard InChI is InChI=1S/C22H33N3O2S/c1-17(14-15-18-10-6-5-7-11-18)24-28(26,27)20-16-25(19-12-8-9-13-19)23-21(20)22(2,3)4/h5-7,10-11,16-17,19,24H,8-9,12-15H2,1-4H3. The van der Waals surface area contributed by atoms with Gasteiger partial charge in [-0.25, -0.2) is 13.1 Å². The maximum Gasteiger partial charge on any atom is 0.244 e. The molecule has 0 amide bonds. The monoisotopic (exact) mass is 403 g/mol. The van der Waals surface area contributed by atoms with Gasteiger partial charge in [-0.15, -0.1) is 0 Å². The van der Waals surface area contributed by atoms with Gasteiger partial charge in [0.25, 0.3) is 0 Å². The number of nitrogens with zero attached hydrogens (tertiary/aromatic N) is 2. The molecular weight excluding hydrogens is 370 g/mol. The SMILES string of the molecule is CC(CCc1ccccc1)NS(=O)(=O)c1cn(C2CCCC2)nc1C(C)(C)C. The number of hydrogen-bond donors (Lipinski definition) is 1. The predicted molar refractivity (Wildman–Crippen MR) is 113 cm³/mol. The maximum absolute atomic E-state index is 13.2. The van der Waals surface area contributed by atoms with E-state index in [4.69, 9.17) is 5.10 Å². The van der Waals surface area contributed by atoms with Crippen molar-refractivity contribution in [1.29, 1.82) is 0 Å². The normalized spacial score (nSPS) is 17.1. The largest absolute Gasteiger partial charge is 0.268 e. The quantitative estimate of drug-likeness (QED) is 0.735. The van der Waals surface area contributed by atoms with E-state index < -0.39 is 10.0 Å². The molecule has 1 aliphatic carbocycles. The van der Waals surface area contributed by atoms with E-state index in [1.807, 2.05) is 50.6 Å². The Morgan fingerprint density at radius 2 is 1.82 bits per heavy atom. The summed E-state index contributed by atoms with van der Waals surface area (Å²) in [5.74, 6) is 0. The van der Waals surface area contributed by atoms with Crippen molar-refractivity contribution in [3.05, 3.63) is 47.8 Å². The average molecular weight is 404 g/mol. The molecule has 0 aliphatic heterocycles. The van der Waals surface area contributed by atoms with E-state index in [-0.39, 0.29) is 11.5 Å². The van der Waals surface area contributed by atoms with E-state index in [9.17, 15) is 8.42 Å². The van der Waals surface area contributed by atoms with Crippen LogP contribution in [0.4, 0.5) is 0 Å². The summed E-state index contributed by atoms with van der Waals surface area (Å²) in [6.45, 7) is 7.99. The summed E-state index contributed by atoms with van der Waals surface area (Å²) >= 11 is 0. The highest BCUT2D eigenvalue weighted by molar-refractivity contribution is 7.89. The topological polar surface area (TPSA) is 64.0 Å². The van der Waals surface area contributed by atoms with E-state index >= 15 is 0 Å². The van der Waals surface area contributed by atoms with E-state index in [0.717, 1.165) is 25.7 Å². The van der Waals surface area contributed by atoms with Crippen LogP contribution < -0.4 is 4.72 Å². The molecule has 154 valence electrons. The van der Waals surface area contributed by atoms with Gasteiger partial charge in [0.1, 0.15) is 4.90 Å². The minimum Gasteiger partial charge on any atom is -0.268 e. The van der Waals surface area contributed by atoms with Crippen LogP contribution in [0.5, 0.6) is 0 Å². The fourth-order valence-corrected chi connectivity index (χ4v) is 5.48. The zero-order chi connectivity index (χ0) is 20.4. The number of benzene rings is 1. The first-order valence-corrected chi connectivity index (χ1v) is 11.8. The first-order chi connectivity index (χ1) is 13.2. The minimum atomic E-state index is -3.62. The Balaban J connectivity index is 1.77. The van der Waals surface area contributed by atoms with Crippen LogP contribution in [-0.4, -0.2) is 24.2 Å². The summed E-state index contributed by atoms with van der Waals surface area (Å²) in [7, 11) is -3.62. The highest BCUT2D eigenvalue weighted by Crippen LogP contribution is 2.33. The van der Waals surface area contributed by atoms with Crippen LogP contribution in [0.25, 0.3) is 0 Å². The summed E-state index contributed by atoms with van der Waals surface area (Å²) in [4.78, 5) is 0.332. The molecule has 5 nitrogen and oxygen atoms in total. The predicted octanol–water partition coefficient (Wildman–Crippen LogP) is 4.60. The Labute approximate surface area is 169 Å². The molecule has 1 aromatic carbocycles. The molecule has 1 N–H and O–H groups in total. The molecule has 1 unspecified atom stereocenters. The lowest BCUT2D eigenvalue weighted by Gasteiger charge is -2.19. The highest BCUT2D eigenvalue weighted by Gasteiger charge is 2.32. The Kier molecular flexibility index (Phi) is 6.30. The van der Waals surface area contributed by atoms with Crippen LogP contribution in [0.1, 0.15) is 77.1 Å². The smallest absolute Gasteiger partial charge is 0.244 e. The van der Waals surface area contributed by atoms with Crippen molar-refractivity contribution in [3.8, 4) is 0 Å². The number of rotatable bonds is 7. The van der Waals surface area contributed by atoms with Gasteiger partial charge in [0.15, 0.2) is 0 Å². The number of aromatic nitrogens is 2. The number of sulfonamides is 1. The van der Waals surface area contributed by atoms with Gasteiger partial charge in [-0.3, -0.25) is 4.68 Å². The molecule has 1 atom stereocenters. The number of hydrogen-bond acceptors (Lipinski definition) is 3. The van der Waals surface area contributed by atoms with Crippen LogP contribution in [0.3, 0.4) is 0 Å². The van der Waals surface area contributed by atoms with Crippen molar-refractivity contribution in [2.24, 2.45) is 0 Å². The molecule has 3 rings (SSSR count). The molecule has 0 saturated heterocycles. The average Bonchev–Trinajstić information content (AvgIpc) is 3.29. The molecule has 1 saturated carbocycles.